The molecule has 23 heavy (non-hydrogen) atoms. The van der Waals surface area contributed by atoms with E-state index >= 15 is 0 Å². The third-order valence-electron chi connectivity index (χ3n) is 4.93. The van der Waals surface area contributed by atoms with Crippen LogP contribution in [0.25, 0.3) is 32.3 Å². The van der Waals surface area contributed by atoms with Crippen LogP contribution in [-0.4, -0.2) is 23.5 Å². The van der Waals surface area contributed by atoms with Crippen LogP contribution in [0, 0.1) is 0 Å². The van der Waals surface area contributed by atoms with E-state index in [1.54, 1.807) is 0 Å². The van der Waals surface area contributed by atoms with E-state index in [1.165, 1.54) is 37.9 Å². The molecular formula is C21H18N2. The molecule has 4 aromatic carbocycles. The van der Waals surface area contributed by atoms with Crippen molar-refractivity contribution in [2.24, 2.45) is 0 Å². The quantitative estimate of drug-likeness (QED) is 0.492. The van der Waals surface area contributed by atoms with Crippen molar-refractivity contribution in [2.75, 3.05) is 13.7 Å². The highest BCUT2D eigenvalue weighted by atomic mass is 15.3. The Kier molecular flexibility index (Phi) is 2.57. The van der Waals surface area contributed by atoms with Crippen molar-refractivity contribution < 1.29 is 0 Å². The summed E-state index contributed by atoms with van der Waals surface area (Å²) in [5.74, 6) is 0. The Hall–Kier alpha value is -2.74. The normalized spacial score (nSPS) is 14.8. The van der Waals surface area contributed by atoms with Gasteiger partial charge in [0.15, 0.2) is 0 Å². The minimum absolute atomic E-state index is 0.953. The summed E-state index contributed by atoms with van der Waals surface area (Å²) in [5, 5.41) is 8.20. The third kappa shape index (κ3) is 1.88. The van der Waals surface area contributed by atoms with Crippen molar-refractivity contribution in [3.05, 3.63) is 72.6 Å². The van der Waals surface area contributed by atoms with E-state index in [-0.39, 0.29) is 0 Å². The second-order valence-corrected chi connectivity index (χ2v) is 6.52. The van der Waals surface area contributed by atoms with Gasteiger partial charge in [-0.25, -0.2) is 0 Å². The second-order valence-electron chi connectivity index (χ2n) is 6.52. The van der Waals surface area contributed by atoms with Crippen molar-refractivity contribution in [1.29, 1.82) is 0 Å². The molecule has 0 atom stereocenters. The first kappa shape index (κ1) is 12.8. The van der Waals surface area contributed by atoms with Crippen LogP contribution in [-0.2, 0) is 6.54 Å². The van der Waals surface area contributed by atoms with Gasteiger partial charge in [-0.2, -0.15) is 0 Å². The van der Waals surface area contributed by atoms with Gasteiger partial charge < -0.3 is 9.80 Å². The molecule has 0 aromatic heterocycles. The van der Waals surface area contributed by atoms with Crippen LogP contribution < -0.4 is 0 Å². The van der Waals surface area contributed by atoms with Crippen LogP contribution >= 0.6 is 0 Å². The molecule has 0 bridgehead atoms. The van der Waals surface area contributed by atoms with E-state index in [9.17, 15) is 0 Å². The zero-order chi connectivity index (χ0) is 15.4. The number of rotatable bonds is 2. The highest BCUT2D eigenvalue weighted by Crippen LogP contribution is 2.36. The summed E-state index contributed by atoms with van der Waals surface area (Å²) in [6.07, 6.45) is 4.31. The Morgan fingerprint density at radius 3 is 2.22 bits per heavy atom. The van der Waals surface area contributed by atoms with Gasteiger partial charge in [-0.05, 0) is 37.9 Å². The first-order valence-corrected chi connectivity index (χ1v) is 8.08. The first-order chi connectivity index (χ1) is 11.3. The standard InChI is InChI=1S/C21H18N2/c1-22-11-12-23(14-22)13-18-8-7-17-6-5-15-3-2-4-16-9-10-19(18)21(17)20(15)16/h2-12H,13-14H2,1H3. The average Bonchev–Trinajstić information content (AvgIpc) is 2.99. The largest absolute Gasteiger partial charge is 0.362 e. The lowest BCUT2D eigenvalue weighted by molar-refractivity contribution is 0.291. The molecule has 0 saturated carbocycles. The van der Waals surface area contributed by atoms with Crippen LogP contribution in [0.2, 0.25) is 0 Å². The van der Waals surface area contributed by atoms with Crippen LogP contribution in [0.5, 0.6) is 0 Å². The fourth-order valence-corrected chi connectivity index (χ4v) is 3.84. The van der Waals surface area contributed by atoms with Gasteiger partial charge in [-0.3, -0.25) is 0 Å². The molecule has 0 radical (unpaired) electrons. The van der Waals surface area contributed by atoms with Crippen LogP contribution in [0.15, 0.2) is 67.0 Å². The van der Waals surface area contributed by atoms with Crippen LogP contribution in [0.3, 0.4) is 0 Å². The molecular weight excluding hydrogens is 280 g/mol. The molecule has 1 heterocycles. The fraction of sp³-hybridized carbons (Fsp3) is 0.143. The Morgan fingerprint density at radius 2 is 1.48 bits per heavy atom. The molecule has 2 nitrogen and oxygen atoms in total. The van der Waals surface area contributed by atoms with Crippen molar-refractivity contribution in [1.82, 2.24) is 9.80 Å². The molecule has 112 valence electrons. The van der Waals surface area contributed by atoms with Gasteiger partial charge in [0.05, 0.1) is 6.67 Å². The summed E-state index contributed by atoms with van der Waals surface area (Å²) in [7, 11) is 2.11. The van der Waals surface area contributed by atoms with E-state index in [4.69, 9.17) is 0 Å². The summed E-state index contributed by atoms with van der Waals surface area (Å²) in [4.78, 5) is 4.56. The number of hydrogen-bond acceptors (Lipinski definition) is 2. The molecule has 5 rings (SSSR count). The molecule has 0 N–H and O–H groups in total. The molecule has 0 aliphatic carbocycles. The molecule has 0 fully saturated rings. The molecule has 0 spiro atoms. The van der Waals surface area contributed by atoms with Gasteiger partial charge in [0.1, 0.15) is 0 Å². The molecule has 1 aliphatic heterocycles. The van der Waals surface area contributed by atoms with Crippen molar-refractivity contribution in [3.8, 4) is 0 Å². The minimum Gasteiger partial charge on any atom is -0.362 e. The number of nitrogens with zero attached hydrogens (tertiary/aromatic N) is 2. The first-order valence-electron chi connectivity index (χ1n) is 8.08. The lowest BCUT2D eigenvalue weighted by Gasteiger charge is -2.20. The number of hydrogen-bond donors (Lipinski definition) is 0. The van der Waals surface area contributed by atoms with Gasteiger partial charge in [0.25, 0.3) is 0 Å². The maximum Gasteiger partial charge on any atom is 0.0894 e. The van der Waals surface area contributed by atoms with Gasteiger partial charge in [0, 0.05) is 26.0 Å². The fourth-order valence-electron chi connectivity index (χ4n) is 3.84. The maximum absolute atomic E-state index is 2.35. The van der Waals surface area contributed by atoms with E-state index in [0.29, 0.717) is 0 Å². The topological polar surface area (TPSA) is 6.48 Å². The van der Waals surface area contributed by atoms with Crippen molar-refractivity contribution in [2.45, 2.75) is 6.54 Å². The van der Waals surface area contributed by atoms with E-state index < -0.39 is 0 Å². The Bertz CT molecular complexity index is 1030. The zero-order valence-corrected chi connectivity index (χ0v) is 13.2. The Balaban J connectivity index is 1.76. The van der Waals surface area contributed by atoms with Crippen molar-refractivity contribution >= 4 is 32.3 Å². The number of benzene rings is 4. The van der Waals surface area contributed by atoms with Crippen LogP contribution in [0.1, 0.15) is 5.56 Å². The SMILES string of the molecule is CN1C=CN(Cc2ccc3ccc4cccc5ccc2c3c45)C1. The Labute approximate surface area is 135 Å². The van der Waals surface area contributed by atoms with Gasteiger partial charge in [0.2, 0.25) is 0 Å². The summed E-state index contributed by atoms with van der Waals surface area (Å²) in [5.41, 5.74) is 1.40. The predicted octanol–water partition coefficient (Wildman–Crippen LogP) is 4.76. The molecule has 0 unspecified atom stereocenters. The van der Waals surface area contributed by atoms with E-state index in [1.807, 2.05) is 0 Å². The Morgan fingerprint density at radius 1 is 0.783 bits per heavy atom. The third-order valence-corrected chi connectivity index (χ3v) is 4.93. The summed E-state index contributed by atoms with van der Waals surface area (Å²) >= 11 is 0. The maximum atomic E-state index is 2.35. The van der Waals surface area contributed by atoms with Crippen LogP contribution in [0.4, 0.5) is 0 Å². The molecule has 0 amide bonds. The van der Waals surface area contributed by atoms with Crippen molar-refractivity contribution in [3.63, 3.8) is 0 Å². The lowest BCUT2D eigenvalue weighted by Crippen LogP contribution is -2.21. The molecule has 1 aliphatic rings. The van der Waals surface area contributed by atoms with Gasteiger partial charge in [-0.15, -0.1) is 0 Å². The van der Waals surface area contributed by atoms with E-state index in [2.05, 4.69) is 83.8 Å². The minimum atomic E-state index is 0.953. The van der Waals surface area contributed by atoms with Gasteiger partial charge in [-0.1, -0.05) is 54.6 Å². The average molecular weight is 298 g/mol. The predicted molar refractivity (Wildman–Crippen MR) is 97.5 cm³/mol. The lowest BCUT2D eigenvalue weighted by atomic mass is 9.92. The van der Waals surface area contributed by atoms with Gasteiger partial charge >= 0.3 is 0 Å². The van der Waals surface area contributed by atoms with E-state index in [0.717, 1.165) is 13.2 Å². The summed E-state index contributed by atoms with van der Waals surface area (Å²) < 4.78 is 0. The highest BCUT2D eigenvalue weighted by molar-refractivity contribution is 6.23. The molecule has 2 heteroatoms. The second kappa shape index (κ2) is 4.63. The molecule has 4 aromatic rings. The summed E-state index contributed by atoms with van der Waals surface area (Å²) in [6, 6.07) is 20.2. The smallest absolute Gasteiger partial charge is 0.0894 e. The molecule has 0 saturated heterocycles. The highest BCUT2D eigenvalue weighted by Gasteiger charge is 2.14. The monoisotopic (exact) mass is 298 g/mol. The zero-order valence-electron chi connectivity index (χ0n) is 13.2. The summed E-state index contributed by atoms with van der Waals surface area (Å²) in [6.45, 7) is 1.91.